The molecular formula is C15H22N2O3. The van der Waals surface area contributed by atoms with Crippen molar-refractivity contribution in [1.82, 2.24) is 5.32 Å². The Morgan fingerprint density at radius 1 is 1.50 bits per heavy atom. The number of nitrogens with zero attached hydrogens (tertiary/aromatic N) is 1. The standard InChI is InChI=1S/C15H22N2O3/c1-4-8-16-11-13-5-6-14(17(18)19)15(10-13)20-9-7-12(2)3/h5-6,10,16H,2,4,7-9,11H2,1,3H3. The molecule has 0 bridgehead atoms. The quantitative estimate of drug-likeness (QED) is 0.325. The van der Waals surface area contributed by atoms with Crippen LogP contribution in [0.2, 0.25) is 0 Å². The molecule has 0 fully saturated rings. The molecule has 0 spiro atoms. The third-order valence-corrected chi connectivity index (χ3v) is 2.76. The Morgan fingerprint density at radius 3 is 2.85 bits per heavy atom. The van der Waals surface area contributed by atoms with Crippen LogP contribution in [0.1, 0.15) is 32.3 Å². The highest BCUT2D eigenvalue weighted by atomic mass is 16.6. The lowest BCUT2D eigenvalue weighted by molar-refractivity contribution is -0.385. The van der Waals surface area contributed by atoms with Gasteiger partial charge in [0.2, 0.25) is 0 Å². The number of benzene rings is 1. The summed E-state index contributed by atoms with van der Waals surface area (Å²) in [4.78, 5) is 10.6. The summed E-state index contributed by atoms with van der Waals surface area (Å²) < 4.78 is 5.53. The zero-order valence-electron chi connectivity index (χ0n) is 12.1. The van der Waals surface area contributed by atoms with Gasteiger partial charge in [0.15, 0.2) is 5.75 Å². The van der Waals surface area contributed by atoms with Crippen molar-refractivity contribution >= 4 is 5.69 Å². The second-order valence-electron chi connectivity index (χ2n) is 4.79. The van der Waals surface area contributed by atoms with Crippen molar-refractivity contribution in [2.24, 2.45) is 0 Å². The van der Waals surface area contributed by atoms with Gasteiger partial charge in [-0.05, 0) is 31.5 Å². The van der Waals surface area contributed by atoms with Crippen molar-refractivity contribution in [1.29, 1.82) is 0 Å². The summed E-state index contributed by atoms with van der Waals surface area (Å²) in [6.07, 6.45) is 1.74. The van der Waals surface area contributed by atoms with E-state index < -0.39 is 4.92 Å². The third kappa shape index (κ3) is 5.40. The lowest BCUT2D eigenvalue weighted by Crippen LogP contribution is -2.14. The van der Waals surface area contributed by atoms with Gasteiger partial charge in [-0.1, -0.05) is 18.6 Å². The minimum absolute atomic E-state index is 0.00552. The number of nitro benzene ring substituents is 1. The van der Waals surface area contributed by atoms with Crippen LogP contribution in [-0.2, 0) is 6.54 Å². The van der Waals surface area contributed by atoms with Gasteiger partial charge < -0.3 is 10.1 Å². The average Bonchev–Trinajstić information content (AvgIpc) is 2.38. The molecule has 1 rings (SSSR count). The molecule has 5 nitrogen and oxygen atoms in total. The van der Waals surface area contributed by atoms with Crippen LogP contribution in [0.25, 0.3) is 0 Å². The summed E-state index contributed by atoms with van der Waals surface area (Å²) >= 11 is 0. The van der Waals surface area contributed by atoms with E-state index >= 15 is 0 Å². The molecule has 1 aromatic rings. The maximum Gasteiger partial charge on any atom is 0.310 e. The lowest BCUT2D eigenvalue weighted by atomic mass is 10.2. The summed E-state index contributed by atoms with van der Waals surface area (Å²) in [5.74, 6) is 0.326. The molecule has 20 heavy (non-hydrogen) atoms. The molecule has 0 atom stereocenters. The molecule has 0 amide bonds. The van der Waals surface area contributed by atoms with Crippen LogP contribution < -0.4 is 10.1 Å². The van der Waals surface area contributed by atoms with Crippen molar-refractivity contribution in [2.45, 2.75) is 33.2 Å². The van der Waals surface area contributed by atoms with E-state index in [4.69, 9.17) is 4.74 Å². The zero-order valence-corrected chi connectivity index (χ0v) is 12.1. The molecule has 0 saturated heterocycles. The van der Waals surface area contributed by atoms with Gasteiger partial charge in [-0.25, -0.2) is 0 Å². The first-order valence-electron chi connectivity index (χ1n) is 6.79. The fourth-order valence-corrected chi connectivity index (χ4v) is 1.68. The van der Waals surface area contributed by atoms with Crippen LogP contribution in [0, 0.1) is 10.1 Å². The van der Waals surface area contributed by atoms with Gasteiger partial charge in [-0.3, -0.25) is 10.1 Å². The number of hydrogen-bond donors (Lipinski definition) is 1. The Hall–Kier alpha value is -1.88. The normalized spacial score (nSPS) is 10.3. The monoisotopic (exact) mass is 278 g/mol. The molecule has 0 aliphatic rings. The van der Waals surface area contributed by atoms with E-state index in [0.717, 1.165) is 24.1 Å². The Bertz CT molecular complexity index is 472. The predicted octanol–water partition coefficient (Wildman–Crippen LogP) is 3.44. The van der Waals surface area contributed by atoms with E-state index in [1.807, 2.05) is 6.92 Å². The first-order chi connectivity index (χ1) is 9.54. The number of nitro groups is 1. The molecule has 0 aliphatic heterocycles. The first kappa shape index (κ1) is 16.2. The van der Waals surface area contributed by atoms with Crippen LogP contribution in [0.5, 0.6) is 5.75 Å². The van der Waals surface area contributed by atoms with E-state index in [2.05, 4.69) is 18.8 Å². The summed E-state index contributed by atoms with van der Waals surface area (Å²) in [5, 5.41) is 14.2. The minimum Gasteiger partial charge on any atom is -0.486 e. The molecule has 0 radical (unpaired) electrons. The number of ether oxygens (including phenoxy) is 1. The van der Waals surface area contributed by atoms with Gasteiger partial charge in [0.25, 0.3) is 0 Å². The molecule has 1 N–H and O–H groups in total. The topological polar surface area (TPSA) is 64.4 Å². The Kier molecular flexibility index (Phi) is 6.73. The van der Waals surface area contributed by atoms with Gasteiger partial charge in [-0.2, -0.15) is 0 Å². The Labute approximate surface area is 119 Å². The lowest BCUT2D eigenvalue weighted by Gasteiger charge is -2.09. The van der Waals surface area contributed by atoms with Gasteiger partial charge in [0.1, 0.15) is 0 Å². The van der Waals surface area contributed by atoms with Crippen molar-refractivity contribution in [3.63, 3.8) is 0 Å². The number of hydrogen-bond acceptors (Lipinski definition) is 4. The van der Waals surface area contributed by atoms with Gasteiger partial charge in [0, 0.05) is 19.0 Å². The van der Waals surface area contributed by atoms with E-state index in [9.17, 15) is 10.1 Å². The molecule has 0 aliphatic carbocycles. The highest BCUT2D eigenvalue weighted by molar-refractivity contribution is 5.48. The summed E-state index contributed by atoms with van der Waals surface area (Å²) in [6, 6.07) is 4.99. The summed E-state index contributed by atoms with van der Waals surface area (Å²) in [5.41, 5.74) is 1.98. The molecule has 0 saturated carbocycles. The molecule has 1 aromatic carbocycles. The van der Waals surface area contributed by atoms with Crippen molar-refractivity contribution in [3.8, 4) is 5.75 Å². The van der Waals surface area contributed by atoms with Crippen molar-refractivity contribution in [3.05, 3.63) is 46.0 Å². The molecule has 0 heterocycles. The van der Waals surface area contributed by atoms with E-state index in [1.165, 1.54) is 6.07 Å². The second-order valence-corrected chi connectivity index (χ2v) is 4.79. The molecule has 110 valence electrons. The largest absolute Gasteiger partial charge is 0.486 e. The highest BCUT2D eigenvalue weighted by Crippen LogP contribution is 2.28. The fraction of sp³-hybridized carbons (Fsp3) is 0.467. The minimum atomic E-state index is -0.417. The number of nitrogens with one attached hydrogen (secondary N) is 1. The molecule has 0 aromatic heterocycles. The highest BCUT2D eigenvalue weighted by Gasteiger charge is 2.15. The van der Waals surface area contributed by atoms with Gasteiger partial charge in [0.05, 0.1) is 11.5 Å². The summed E-state index contributed by atoms with van der Waals surface area (Å²) in [6.45, 7) is 9.79. The fourth-order valence-electron chi connectivity index (χ4n) is 1.68. The van der Waals surface area contributed by atoms with Crippen LogP contribution in [0.4, 0.5) is 5.69 Å². The first-order valence-corrected chi connectivity index (χ1v) is 6.79. The van der Waals surface area contributed by atoms with Crippen LogP contribution in [0.3, 0.4) is 0 Å². The average molecular weight is 278 g/mol. The van der Waals surface area contributed by atoms with E-state index in [1.54, 1.807) is 12.1 Å². The number of rotatable bonds is 9. The smallest absolute Gasteiger partial charge is 0.310 e. The van der Waals surface area contributed by atoms with E-state index in [0.29, 0.717) is 25.3 Å². The van der Waals surface area contributed by atoms with Crippen molar-refractivity contribution in [2.75, 3.05) is 13.2 Å². The molecular weight excluding hydrogens is 256 g/mol. The Balaban J connectivity index is 2.77. The SMILES string of the molecule is C=C(C)CCOc1cc(CNCCC)ccc1[N+](=O)[O-]. The Morgan fingerprint density at radius 2 is 2.25 bits per heavy atom. The maximum atomic E-state index is 11.0. The van der Waals surface area contributed by atoms with Crippen LogP contribution in [0.15, 0.2) is 30.4 Å². The summed E-state index contributed by atoms with van der Waals surface area (Å²) in [7, 11) is 0. The van der Waals surface area contributed by atoms with Gasteiger partial charge in [-0.15, -0.1) is 6.58 Å². The van der Waals surface area contributed by atoms with Crippen LogP contribution >= 0.6 is 0 Å². The molecule has 0 unspecified atom stereocenters. The zero-order chi connectivity index (χ0) is 15.0. The van der Waals surface area contributed by atoms with Crippen LogP contribution in [-0.4, -0.2) is 18.1 Å². The van der Waals surface area contributed by atoms with Gasteiger partial charge >= 0.3 is 5.69 Å². The van der Waals surface area contributed by atoms with E-state index in [-0.39, 0.29) is 5.69 Å². The maximum absolute atomic E-state index is 11.0. The predicted molar refractivity (Wildman–Crippen MR) is 80.0 cm³/mol. The third-order valence-electron chi connectivity index (χ3n) is 2.76. The van der Waals surface area contributed by atoms with Crippen molar-refractivity contribution < 1.29 is 9.66 Å². The molecule has 5 heteroatoms. The second kappa shape index (κ2) is 8.32.